The molecule has 0 aromatic rings. The predicted octanol–water partition coefficient (Wildman–Crippen LogP) is 5.73. The van der Waals surface area contributed by atoms with Gasteiger partial charge in [0.2, 0.25) is 0 Å². The van der Waals surface area contributed by atoms with Crippen molar-refractivity contribution in [3.63, 3.8) is 0 Å². The molecule has 1 aliphatic carbocycles. The zero-order valence-electron chi connectivity index (χ0n) is 17.4. The van der Waals surface area contributed by atoms with Gasteiger partial charge in [0.25, 0.3) is 0 Å². The van der Waals surface area contributed by atoms with Gasteiger partial charge in [-0.3, -0.25) is 4.79 Å². The molecule has 0 bridgehead atoms. The molecular formula is C22H38O3Si. The smallest absolute Gasteiger partial charge is 0.309 e. The van der Waals surface area contributed by atoms with Crippen LogP contribution in [-0.2, 0) is 14.0 Å². The molecule has 0 amide bonds. The first-order valence-electron chi connectivity index (χ1n) is 10.4. The third kappa shape index (κ3) is 3.86. The van der Waals surface area contributed by atoms with Crippen molar-refractivity contribution in [3.05, 3.63) is 25.3 Å². The molecule has 0 unspecified atom stereocenters. The first-order chi connectivity index (χ1) is 12.3. The molecule has 148 valence electrons. The number of fused-ring (bicyclic) bond motifs is 1. The number of rotatable bonds is 10. The standard InChI is InChI=1S/C22H38O3Si/c1-8-13-16-19-17(15-22(6,7)20(19)24-21(16)23)18(14-9-2)25-26(10-3,11-4)12-5/h8-9,16-20H,1-2,10-15H2,3-7H3/t16-,17-,18-,19+,20+/m0/s1. The molecule has 0 aromatic heterocycles. The topological polar surface area (TPSA) is 35.5 Å². The van der Waals surface area contributed by atoms with E-state index in [-0.39, 0.29) is 35.4 Å². The fourth-order valence-corrected chi connectivity index (χ4v) is 8.24. The maximum Gasteiger partial charge on any atom is 0.309 e. The Hall–Kier alpha value is -0.873. The van der Waals surface area contributed by atoms with Crippen molar-refractivity contribution in [2.75, 3.05) is 0 Å². The maximum absolute atomic E-state index is 12.5. The number of ether oxygens (including phenoxy) is 1. The van der Waals surface area contributed by atoms with Crippen molar-refractivity contribution in [2.45, 2.75) is 84.2 Å². The lowest BCUT2D eigenvalue weighted by molar-refractivity contribution is -0.147. The van der Waals surface area contributed by atoms with Crippen molar-refractivity contribution in [1.29, 1.82) is 0 Å². The van der Waals surface area contributed by atoms with Crippen molar-refractivity contribution in [3.8, 4) is 0 Å². The van der Waals surface area contributed by atoms with E-state index in [1.54, 1.807) is 0 Å². The van der Waals surface area contributed by atoms with E-state index in [9.17, 15) is 4.79 Å². The Bertz CT molecular complexity index is 515. The highest BCUT2D eigenvalue weighted by atomic mass is 28.4. The molecule has 26 heavy (non-hydrogen) atoms. The fraction of sp³-hybridized carbons (Fsp3) is 0.773. The number of hydrogen-bond acceptors (Lipinski definition) is 3. The van der Waals surface area contributed by atoms with Crippen LogP contribution in [0, 0.1) is 23.2 Å². The van der Waals surface area contributed by atoms with Crippen molar-refractivity contribution in [1.82, 2.24) is 0 Å². The van der Waals surface area contributed by atoms with Crippen LogP contribution in [0.25, 0.3) is 0 Å². The summed E-state index contributed by atoms with van der Waals surface area (Å²) in [6, 6.07) is 3.43. The van der Waals surface area contributed by atoms with E-state index in [1.807, 2.05) is 12.2 Å². The Labute approximate surface area is 161 Å². The fourth-order valence-electron chi connectivity index (χ4n) is 5.33. The molecule has 3 nitrogen and oxygen atoms in total. The van der Waals surface area contributed by atoms with Gasteiger partial charge in [-0.2, -0.15) is 0 Å². The van der Waals surface area contributed by atoms with Crippen LogP contribution in [0.1, 0.15) is 53.9 Å². The Balaban J connectivity index is 2.35. The van der Waals surface area contributed by atoms with E-state index in [2.05, 4.69) is 47.8 Å². The number of esters is 1. The minimum atomic E-state index is -1.73. The second-order valence-corrected chi connectivity index (χ2v) is 13.6. The van der Waals surface area contributed by atoms with Gasteiger partial charge in [-0.15, -0.1) is 13.2 Å². The quantitative estimate of drug-likeness (QED) is 0.276. The van der Waals surface area contributed by atoms with Gasteiger partial charge in [0.1, 0.15) is 6.10 Å². The van der Waals surface area contributed by atoms with Crippen LogP contribution in [0.4, 0.5) is 0 Å². The summed E-state index contributed by atoms with van der Waals surface area (Å²) in [4.78, 5) is 12.5. The molecule has 1 aliphatic heterocycles. The van der Waals surface area contributed by atoms with Gasteiger partial charge in [-0.1, -0.05) is 46.8 Å². The minimum absolute atomic E-state index is 0.00144. The highest BCUT2D eigenvalue weighted by Crippen LogP contribution is 2.56. The zero-order valence-corrected chi connectivity index (χ0v) is 18.4. The summed E-state index contributed by atoms with van der Waals surface area (Å²) < 4.78 is 12.8. The Morgan fingerprint density at radius 1 is 1.23 bits per heavy atom. The summed E-state index contributed by atoms with van der Waals surface area (Å²) in [5.74, 6) is 0.472. The summed E-state index contributed by atoms with van der Waals surface area (Å²) in [5, 5.41) is 0. The average molecular weight is 379 g/mol. The molecular weight excluding hydrogens is 340 g/mol. The molecule has 1 saturated heterocycles. The monoisotopic (exact) mass is 378 g/mol. The molecule has 2 rings (SSSR count). The Kier molecular flexibility index (Phi) is 6.95. The van der Waals surface area contributed by atoms with Crippen LogP contribution in [0.3, 0.4) is 0 Å². The van der Waals surface area contributed by atoms with Gasteiger partial charge in [0, 0.05) is 11.3 Å². The normalized spacial score (nSPS) is 31.3. The summed E-state index contributed by atoms with van der Waals surface area (Å²) in [6.07, 6.45) is 6.61. The SMILES string of the molecule is C=CC[C@H](O[Si](CC)(CC)CC)[C@@H]1CC(C)(C)[C@@H]2OC(=O)[C@@H](CC=C)[C@H]12. The molecule has 2 fully saturated rings. The maximum atomic E-state index is 12.5. The van der Waals surface area contributed by atoms with Crippen LogP contribution in [0.2, 0.25) is 18.1 Å². The second-order valence-electron chi connectivity index (χ2n) is 8.85. The third-order valence-electron chi connectivity index (χ3n) is 7.02. The summed E-state index contributed by atoms with van der Waals surface area (Å²) in [5.41, 5.74) is -0.00144. The predicted molar refractivity (Wildman–Crippen MR) is 110 cm³/mol. The van der Waals surface area contributed by atoms with Crippen molar-refractivity contribution >= 4 is 14.3 Å². The molecule has 0 aromatic carbocycles. The van der Waals surface area contributed by atoms with E-state index in [1.165, 1.54) is 0 Å². The van der Waals surface area contributed by atoms with Crippen LogP contribution >= 0.6 is 0 Å². The second kappa shape index (κ2) is 8.43. The third-order valence-corrected chi connectivity index (χ3v) is 11.7. The van der Waals surface area contributed by atoms with Gasteiger partial charge in [-0.25, -0.2) is 0 Å². The molecule has 1 heterocycles. The van der Waals surface area contributed by atoms with Gasteiger partial charge >= 0.3 is 5.97 Å². The van der Waals surface area contributed by atoms with Gasteiger partial charge in [-0.05, 0) is 43.3 Å². The van der Waals surface area contributed by atoms with Crippen molar-refractivity contribution < 1.29 is 14.0 Å². The van der Waals surface area contributed by atoms with E-state index < -0.39 is 8.32 Å². The van der Waals surface area contributed by atoms with Crippen LogP contribution in [0.15, 0.2) is 25.3 Å². The lowest BCUT2D eigenvalue weighted by atomic mass is 9.79. The molecule has 2 aliphatic rings. The van der Waals surface area contributed by atoms with E-state index in [0.29, 0.717) is 12.3 Å². The molecule has 4 heteroatoms. The lowest BCUT2D eigenvalue weighted by Gasteiger charge is -2.38. The summed E-state index contributed by atoms with van der Waals surface area (Å²) >= 11 is 0. The molecule has 0 spiro atoms. The van der Waals surface area contributed by atoms with Crippen LogP contribution < -0.4 is 0 Å². The largest absolute Gasteiger partial charge is 0.461 e. The minimum Gasteiger partial charge on any atom is -0.461 e. The highest BCUT2D eigenvalue weighted by Gasteiger charge is 2.61. The Morgan fingerprint density at radius 3 is 2.35 bits per heavy atom. The molecule has 0 radical (unpaired) electrons. The molecule has 0 N–H and O–H groups in total. The number of carbonyl (C=O) groups is 1. The zero-order chi connectivity index (χ0) is 19.5. The number of carbonyl (C=O) groups excluding carboxylic acids is 1. The van der Waals surface area contributed by atoms with Gasteiger partial charge in [0.15, 0.2) is 8.32 Å². The first kappa shape index (κ1) is 21.4. The van der Waals surface area contributed by atoms with Gasteiger partial charge in [0.05, 0.1) is 12.0 Å². The molecule has 5 atom stereocenters. The number of allylic oxidation sites excluding steroid dienone is 1. The summed E-state index contributed by atoms with van der Waals surface area (Å²) in [7, 11) is -1.73. The van der Waals surface area contributed by atoms with Gasteiger partial charge < -0.3 is 9.16 Å². The number of hydrogen-bond donors (Lipinski definition) is 0. The highest BCUT2D eigenvalue weighted by molar-refractivity contribution is 6.73. The lowest BCUT2D eigenvalue weighted by Crippen LogP contribution is -2.44. The van der Waals surface area contributed by atoms with Crippen molar-refractivity contribution in [2.24, 2.45) is 23.2 Å². The van der Waals surface area contributed by atoms with E-state index in [4.69, 9.17) is 9.16 Å². The first-order valence-corrected chi connectivity index (χ1v) is 12.9. The summed E-state index contributed by atoms with van der Waals surface area (Å²) in [6.45, 7) is 19.2. The van der Waals surface area contributed by atoms with E-state index in [0.717, 1.165) is 31.0 Å². The van der Waals surface area contributed by atoms with Crippen LogP contribution in [0.5, 0.6) is 0 Å². The van der Waals surface area contributed by atoms with E-state index >= 15 is 0 Å². The van der Waals surface area contributed by atoms with Crippen LogP contribution in [-0.4, -0.2) is 26.5 Å². The molecule has 1 saturated carbocycles. The Morgan fingerprint density at radius 2 is 1.85 bits per heavy atom. The average Bonchev–Trinajstić information content (AvgIpc) is 3.07.